The van der Waals surface area contributed by atoms with Crippen molar-refractivity contribution in [1.29, 1.82) is 5.41 Å². The molecule has 0 spiro atoms. The number of guanidine groups is 1. The van der Waals surface area contributed by atoms with Gasteiger partial charge in [-0.25, -0.2) is 4.98 Å². The van der Waals surface area contributed by atoms with Gasteiger partial charge in [0.25, 0.3) is 0 Å². The van der Waals surface area contributed by atoms with Crippen molar-refractivity contribution < 1.29 is 116 Å². The first-order valence-electron chi connectivity index (χ1n) is 44.4. The number of carbonyl (C=O) groups is 21. The number of carbonyl (C=O) groups excluding carboxylic acids is 18. The third-order valence-electron chi connectivity index (χ3n) is 22.2. The molecule has 0 aliphatic carbocycles. The first-order valence-corrected chi connectivity index (χ1v) is 47.7. The average Bonchev–Trinajstić information content (AvgIpc) is 1.65. The largest absolute Gasteiger partial charge is 0.481 e. The van der Waals surface area contributed by atoms with Crippen LogP contribution in [0.5, 0.6) is 0 Å². The van der Waals surface area contributed by atoms with E-state index in [-0.39, 0.29) is 95.3 Å². The Morgan fingerprint density at radius 2 is 1.16 bits per heavy atom. The van der Waals surface area contributed by atoms with Crippen molar-refractivity contribution in [3.8, 4) is 0 Å². The van der Waals surface area contributed by atoms with Crippen LogP contribution in [-0.4, -0.2) is 286 Å². The van der Waals surface area contributed by atoms with Crippen molar-refractivity contribution in [3.05, 3.63) is 35.9 Å². The van der Waals surface area contributed by atoms with Gasteiger partial charge in [-0.2, -0.15) is 11.8 Å². The van der Waals surface area contributed by atoms with Gasteiger partial charge in [0.05, 0.1) is 28.9 Å². The second kappa shape index (κ2) is 55.8. The number of rotatable bonds is 42. The summed E-state index contributed by atoms with van der Waals surface area (Å²) in [5, 5.41) is 78.9. The molecule has 28 N–H and O–H groups in total. The number of aliphatic carboxylic acids is 3. The number of nitrogens with two attached hydrogens (primary N) is 4. The monoisotopic (exact) mass is 1950 g/mol. The molecule has 0 saturated carbocycles. The SMILES string of the molecule is CC[C@H](C)[C@@H]1NC(=O)[C@H](CCC(=O)O)NC(=O)[C@@H]2CCCN2C(=O)[C@H](CC(N)=O)NC(=O)[C@H](CCC(=O)O)NC(=O)[C@@H](NC(C)=O)CSc2c3ccsc3cn2CCCC[C@@H](C(=O)N[C@@H](Cc2cnc[nH]2)C(=O)N[C@H](C(=O)N[C@@H](CCC(N)=O)C(=O)N[C@@H](CCCNC(=N)N)C(=O)N[C@H](C(=O)N[C@@H](CCSC)C(N)=O)C(C)C)C(C)C)NC(=O)[C@H](CC(=O)O)NC(=O)[C@H](CC(C)C)NC1=O. The number of H-pyrrole nitrogens is 1. The number of hydrogen-bond donors (Lipinski definition) is 24. The van der Waals surface area contributed by atoms with Crippen LogP contribution in [-0.2, 0) is 114 Å². The number of primary amides is 3. The van der Waals surface area contributed by atoms with E-state index in [9.17, 15) is 102 Å². The lowest BCUT2D eigenvalue weighted by Gasteiger charge is -2.31. The number of carboxylic acids is 3. The lowest BCUT2D eigenvalue weighted by Crippen LogP contribution is -2.62. The summed E-state index contributed by atoms with van der Waals surface area (Å²) < 4.78 is 2.49. The zero-order chi connectivity index (χ0) is 101. The number of carboxylic acid groups (broad SMARTS) is 3. The molecule has 48 nitrogen and oxygen atoms in total. The first kappa shape index (κ1) is 113. The molecule has 0 unspecified atom stereocenters. The number of nitrogens with zero attached hydrogens (tertiary/aromatic N) is 3. The van der Waals surface area contributed by atoms with Crippen molar-refractivity contribution in [3.63, 3.8) is 0 Å². The van der Waals surface area contributed by atoms with Crippen LogP contribution in [0.1, 0.15) is 184 Å². The van der Waals surface area contributed by atoms with Gasteiger partial charge in [-0.3, -0.25) is 106 Å². The minimum atomic E-state index is -2.09. The number of nitrogens with one attached hydrogen (secondary N) is 17. The van der Waals surface area contributed by atoms with Gasteiger partial charge in [0.2, 0.25) is 106 Å². The van der Waals surface area contributed by atoms with Crippen LogP contribution in [0.25, 0.3) is 10.1 Å². The summed E-state index contributed by atoms with van der Waals surface area (Å²) in [5.41, 5.74) is 22.5. The van der Waals surface area contributed by atoms with Crippen molar-refractivity contribution in [1.82, 2.24) is 99.2 Å². The van der Waals surface area contributed by atoms with Crippen LogP contribution in [0.2, 0.25) is 0 Å². The van der Waals surface area contributed by atoms with Crippen LogP contribution < -0.4 is 103 Å². The van der Waals surface area contributed by atoms with E-state index in [4.69, 9.17) is 28.3 Å². The van der Waals surface area contributed by atoms with Crippen LogP contribution in [0.15, 0.2) is 35.2 Å². The topological polar surface area (TPSA) is 764 Å². The fraction of sp³-hybridized carbons (Fsp3) is 0.631. The third kappa shape index (κ3) is 37.6. The Morgan fingerprint density at radius 3 is 1.71 bits per heavy atom. The summed E-state index contributed by atoms with van der Waals surface area (Å²) in [4.78, 5) is 302. The van der Waals surface area contributed by atoms with E-state index in [1.54, 1.807) is 63.1 Å². The molecule has 0 radical (unpaired) electrons. The number of aryl methyl sites for hydroxylation is 1. The van der Waals surface area contributed by atoms with Gasteiger partial charge in [-0.1, -0.05) is 61.8 Å². The van der Waals surface area contributed by atoms with Crippen molar-refractivity contribution >= 4 is 175 Å². The zero-order valence-corrected chi connectivity index (χ0v) is 79.6. The Morgan fingerprint density at radius 1 is 0.593 bits per heavy atom. The van der Waals surface area contributed by atoms with Gasteiger partial charge in [-0.15, -0.1) is 23.1 Å². The number of imidazole rings is 1. The van der Waals surface area contributed by atoms with Crippen molar-refractivity contribution in [2.24, 2.45) is 46.6 Å². The van der Waals surface area contributed by atoms with Crippen LogP contribution in [0.4, 0.5) is 0 Å². The van der Waals surface area contributed by atoms with Gasteiger partial charge >= 0.3 is 17.9 Å². The van der Waals surface area contributed by atoms with Crippen molar-refractivity contribution in [2.45, 2.75) is 287 Å². The summed E-state index contributed by atoms with van der Waals surface area (Å²) in [6.45, 7) is 13.7. The second-order valence-corrected chi connectivity index (χ2v) is 37.2. The molecule has 51 heteroatoms. The first-order chi connectivity index (χ1) is 63.6. The van der Waals surface area contributed by atoms with Crippen LogP contribution >= 0.6 is 34.9 Å². The van der Waals surface area contributed by atoms with E-state index in [0.717, 1.165) is 23.6 Å². The Balaban J connectivity index is 1.62. The molecule has 5 heterocycles. The fourth-order valence-corrected chi connectivity index (χ4v) is 17.3. The molecule has 1 fully saturated rings. The predicted octanol–water partition coefficient (Wildman–Crippen LogP) is -4.01. The maximum atomic E-state index is 15.5. The summed E-state index contributed by atoms with van der Waals surface area (Å²) in [7, 11) is 0. The number of hydrogen-bond acceptors (Lipinski definition) is 26. The summed E-state index contributed by atoms with van der Waals surface area (Å²) >= 11 is 3.76. The molecule has 18 amide bonds. The van der Waals surface area contributed by atoms with Gasteiger partial charge in [-0.05, 0) is 124 Å². The number of thioether (sulfide) groups is 2. The van der Waals surface area contributed by atoms with Gasteiger partial charge in [0.1, 0.15) is 90.6 Å². The average molecular weight is 1960 g/mol. The van der Waals surface area contributed by atoms with Crippen molar-refractivity contribution in [2.75, 3.05) is 30.9 Å². The highest BCUT2D eigenvalue weighted by atomic mass is 32.2. The second-order valence-electron chi connectivity index (χ2n) is 34.2. The van der Waals surface area contributed by atoms with E-state index >= 15 is 14.4 Å². The van der Waals surface area contributed by atoms with Gasteiger partial charge in [0.15, 0.2) is 5.96 Å². The van der Waals surface area contributed by atoms with E-state index < -0.39 is 302 Å². The zero-order valence-electron chi connectivity index (χ0n) is 77.1. The molecular weight excluding hydrogens is 1830 g/mol. The molecule has 748 valence electrons. The standard InChI is InChI=1S/C84H130N24O24S3/c1-11-43(8)67-81(131)102-53(32-40(2)3)74(124)101-55(35-64(116)117)75(125)96-48(69(119)100-54(33-45-36-90-39-92-45)76(126)105-66(42(6)7)80(130)99-50(19-22-60(85)110)70(120)95-49(17-14-27-91-84(88)89)72(122)104-65(41(4)5)79(129)94-47(68(87)118)26-30-133-10)16-12-13-28-107-37-59-46(25-31-134-59)83(107)135-38-57(93-44(9)109)77(127)97-51(20-23-62(112)113)71(121)103-56(34-61(86)111)82(132)108-29-15-18-58(108)78(128)98-52(73(123)106-67)21-24-63(114)115/h25,31,36-37,39-43,47-58,65-67H,11-24,26-30,32-35,38H2,1-10H3,(H2,85,110)(H2,86,111)(H2,87,118)(H,90,92)(H,93,109)(H,94,129)(H,95,120)(H,96,125)(H,97,127)(H,98,128)(H,99,130)(H,100,119)(H,101,124)(H,102,131)(H,103,121)(H,104,122)(H,105,126)(H,106,123)(H,112,113)(H,114,115)(H,116,117)(H4,88,89,91)/t43-,47-,48-,49-,50-,51-,52-,53-,54-,55-,56-,57-,58-,65-,66-,67-/m0/s1. The molecule has 0 aromatic carbocycles. The quantitative estimate of drug-likeness (QED) is 0.0146. The number of thiophene rings is 1. The maximum Gasteiger partial charge on any atom is 0.305 e. The lowest BCUT2D eigenvalue weighted by atomic mass is 9.96. The highest BCUT2D eigenvalue weighted by Crippen LogP contribution is 2.35. The number of aromatic amines is 1. The van der Waals surface area contributed by atoms with Gasteiger partial charge in [0, 0.05) is 81.5 Å². The molecule has 1 saturated heterocycles. The fourth-order valence-electron chi connectivity index (χ4n) is 14.8. The Labute approximate surface area is 791 Å². The summed E-state index contributed by atoms with van der Waals surface area (Å²) in [6, 6.07) is -22.9. The van der Waals surface area contributed by atoms with Crippen LogP contribution in [0.3, 0.4) is 0 Å². The normalized spacial score (nSPS) is 21.1. The highest BCUT2D eigenvalue weighted by molar-refractivity contribution is 7.99. The van der Waals surface area contributed by atoms with Gasteiger partial charge < -0.3 is 132 Å². The van der Waals surface area contributed by atoms with E-state index in [2.05, 4.69) is 89.7 Å². The highest BCUT2D eigenvalue weighted by Gasteiger charge is 2.44. The van der Waals surface area contributed by atoms with E-state index in [0.29, 0.717) is 20.9 Å². The smallest absolute Gasteiger partial charge is 0.305 e. The number of fused-ring (bicyclic) bond motifs is 4. The Kier molecular flexibility index (Phi) is 46.7. The van der Waals surface area contributed by atoms with E-state index in [1.807, 2.05) is 0 Å². The maximum absolute atomic E-state index is 15.5. The molecule has 5 rings (SSSR count). The summed E-state index contributed by atoms with van der Waals surface area (Å²) in [6.07, 6.45) is -0.617. The Bertz CT molecular complexity index is 4700. The van der Waals surface area contributed by atoms with Crippen LogP contribution in [0, 0.1) is 29.1 Å². The third-order valence-corrected chi connectivity index (χ3v) is 24.9. The molecule has 0 bridgehead atoms. The molecular formula is C84H130N24O24S3. The predicted molar refractivity (Wildman–Crippen MR) is 492 cm³/mol. The minimum absolute atomic E-state index is 0.00550. The molecule has 2 aliphatic rings. The van der Waals surface area contributed by atoms with E-state index in [1.165, 1.54) is 56.4 Å². The molecule has 2 aliphatic heterocycles. The number of aromatic nitrogens is 3. The Hall–Kier alpha value is -12.7. The lowest BCUT2D eigenvalue weighted by molar-refractivity contribution is -0.144. The molecule has 3 aromatic rings. The minimum Gasteiger partial charge on any atom is -0.481 e. The number of amides is 18. The molecule has 135 heavy (non-hydrogen) atoms. The molecule has 3 aromatic heterocycles. The summed E-state index contributed by atoms with van der Waals surface area (Å²) in [5.74, 6) is -26.3. The molecule has 16 atom stereocenters.